The van der Waals surface area contributed by atoms with Gasteiger partial charge in [0.1, 0.15) is 11.0 Å². The molecular formula is C9H11ClN4. The van der Waals surface area contributed by atoms with Crippen molar-refractivity contribution < 1.29 is 0 Å². The molecule has 0 aromatic carbocycles. The molecule has 0 aliphatic carbocycles. The number of rotatable bonds is 0. The number of halogens is 1. The van der Waals surface area contributed by atoms with E-state index in [1.807, 2.05) is 0 Å². The van der Waals surface area contributed by atoms with Gasteiger partial charge in [0.15, 0.2) is 0 Å². The molecular weight excluding hydrogens is 200 g/mol. The lowest BCUT2D eigenvalue weighted by Crippen LogP contribution is -2.29. The van der Waals surface area contributed by atoms with Crippen molar-refractivity contribution in [2.45, 2.75) is 19.4 Å². The van der Waals surface area contributed by atoms with Gasteiger partial charge < -0.3 is 11.5 Å². The molecule has 4 nitrogen and oxygen atoms in total. The van der Waals surface area contributed by atoms with Gasteiger partial charge in [-0.2, -0.15) is 0 Å². The highest BCUT2D eigenvalue weighted by atomic mass is 35.5. The largest absolute Gasteiger partial charge is 0.384 e. The van der Waals surface area contributed by atoms with Crippen LogP contribution in [-0.4, -0.2) is 15.5 Å². The molecule has 0 saturated heterocycles. The number of anilines is 1. The van der Waals surface area contributed by atoms with Crippen LogP contribution in [0.4, 0.5) is 5.82 Å². The molecule has 0 atom stereocenters. The first kappa shape index (κ1) is 10.8. The Morgan fingerprint density at radius 3 is 2.57 bits per heavy atom. The van der Waals surface area contributed by atoms with Crippen molar-refractivity contribution in [2.24, 2.45) is 5.73 Å². The number of nitrogens with two attached hydrogens (primary N) is 2. The summed E-state index contributed by atoms with van der Waals surface area (Å²) in [7, 11) is 0. The van der Waals surface area contributed by atoms with Gasteiger partial charge in [-0.15, -0.1) is 0 Å². The number of aromatic nitrogens is 2. The van der Waals surface area contributed by atoms with E-state index in [1.165, 1.54) is 6.07 Å². The van der Waals surface area contributed by atoms with Gasteiger partial charge >= 0.3 is 0 Å². The molecule has 1 rings (SSSR count). The van der Waals surface area contributed by atoms with E-state index < -0.39 is 5.54 Å². The molecule has 0 fully saturated rings. The van der Waals surface area contributed by atoms with Crippen molar-refractivity contribution in [3.63, 3.8) is 0 Å². The summed E-state index contributed by atoms with van der Waals surface area (Å²) in [5.41, 5.74) is 10.5. The fourth-order valence-corrected chi connectivity index (χ4v) is 0.900. The molecule has 1 heterocycles. The van der Waals surface area contributed by atoms with Gasteiger partial charge in [0.25, 0.3) is 0 Å². The summed E-state index contributed by atoms with van der Waals surface area (Å²) in [6.07, 6.45) is 0. The molecule has 1 aromatic heterocycles. The lowest BCUT2D eigenvalue weighted by atomic mass is 10.1. The van der Waals surface area contributed by atoms with Gasteiger partial charge in [-0.25, -0.2) is 9.97 Å². The Kier molecular flexibility index (Phi) is 2.94. The number of hydrogen-bond donors (Lipinski definition) is 2. The molecule has 0 spiro atoms. The van der Waals surface area contributed by atoms with Crippen LogP contribution in [0.25, 0.3) is 0 Å². The van der Waals surface area contributed by atoms with Gasteiger partial charge in [0.05, 0.1) is 5.54 Å². The van der Waals surface area contributed by atoms with Crippen LogP contribution in [0.15, 0.2) is 6.07 Å². The third-order valence-electron chi connectivity index (χ3n) is 1.21. The van der Waals surface area contributed by atoms with Gasteiger partial charge in [-0.1, -0.05) is 17.5 Å². The van der Waals surface area contributed by atoms with Crippen LogP contribution < -0.4 is 11.5 Å². The van der Waals surface area contributed by atoms with Crippen molar-refractivity contribution in [1.82, 2.24) is 9.97 Å². The smallest absolute Gasteiger partial charge is 0.208 e. The van der Waals surface area contributed by atoms with E-state index in [0.717, 1.165) is 0 Å². The normalized spacial score (nSPS) is 10.6. The molecule has 0 amide bonds. The highest BCUT2D eigenvalue weighted by Gasteiger charge is 2.04. The first-order chi connectivity index (χ1) is 6.37. The molecule has 5 heteroatoms. The average molecular weight is 211 g/mol. The van der Waals surface area contributed by atoms with Crippen LogP contribution in [0.1, 0.15) is 19.7 Å². The van der Waals surface area contributed by atoms with Crippen molar-refractivity contribution in [2.75, 3.05) is 5.73 Å². The monoisotopic (exact) mass is 210 g/mol. The molecule has 0 aliphatic heterocycles. The summed E-state index contributed by atoms with van der Waals surface area (Å²) in [5.74, 6) is 6.07. The maximum atomic E-state index is 5.67. The second-order valence-electron chi connectivity index (χ2n) is 3.41. The SMILES string of the molecule is CC(C)(N)C#Cc1nc(N)cc(Cl)n1. The average Bonchev–Trinajstić information content (AvgIpc) is 1.97. The third-order valence-corrected chi connectivity index (χ3v) is 1.40. The van der Waals surface area contributed by atoms with E-state index in [4.69, 9.17) is 23.1 Å². The summed E-state index contributed by atoms with van der Waals surface area (Å²) in [6, 6.07) is 1.46. The van der Waals surface area contributed by atoms with E-state index in [2.05, 4.69) is 21.8 Å². The number of hydrogen-bond acceptors (Lipinski definition) is 4. The second-order valence-corrected chi connectivity index (χ2v) is 3.80. The maximum absolute atomic E-state index is 5.67. The van der Waals surface area contributed by atoms with Crippen LogP contribution in [0.5, 0.6) is 0 Å². The minimum atomic E-state index is -0.583. The second kappa shape index (κ2) is 3.82. The lowest BCUT2D eigenvalue weighted by Gasteiger charge is -2.07. The van der Waals surface area contributed by atoms with Gasteiger partial charge in [0, 0.05) is 6.07 Å². The predicted molar refractivity (Wildman–Crippen MR) is 56.6 cm³/mol. The molecule has 1 aromatic rings. The highest BCUT2D eigenvalue weighted by Crippen LogP contribution is 2.07. The molecule has 0 radical (unpaired) electrons. The van der Waals surface area contributed by atoms with Gasteiger partial charge in [-0.3, -0.25) is 0 Å². The lowest BCUT2D eigenvalue weighted by molar-refractivity contribution is 0.680. The zero-order chi connectivity index (χ0) is 10.8. The summed E-state index contributed by atoms with van der Waals surface area (Å²) < 4.78 is 0. The van der Waals surface area contributed by atoms with Crippen LogP contribution >= 0.6 is 11.6 Å². The van der Waals surface area contributed by atoms with Crippen LogP contribution in [0, 0.1) is 11.8 Å². The molecule has 0 bridgehead atoms. The Morgan fingerprint density at radius 2 is 2.07 bits per heavy atom. The maximum Gasteiger partial charge on any atom is 0.208 e. The fraction of sp³-hybridized carbons (Fsp3) is 0.333. The Morgan fingerprint density at radius 1 is 1.43 bits per heavy atom. The summed E-state index contributed by atoms with van der Waals surface area (Å²) in [4.78, 5) is 7.77. The van der Waals surface area contributed by atoms with Crippen LogP contribution in [0.2, 0.25) is 5.15 Å². The first-order valence-corrected chi connectivity index (χ1v) is 4.37. The van der Waals surface area contributed by atoms with E-state index in [0.29, 0.717) is 5.82 Å². The molecule has 0 saturated carbocycles. The summed E-state index contributed by atoms with van der Waals surface area (Å²) in [6.45, 7) is 3.57. The van der Waals surface area contributed by atoms with Crippen LogP contribution in [0.3, 0.4) is 0 Å². The molecule has 0 aliphatic rings. The van der Waals surface area contributed by atoms with Crippen molar-refractivity contribution in [3.05, 3.63) is 17.0 Å². The molecule has 4 N–H and O–H groups in total. The topological polar surface area (TPSA) is 77.8 Å². The minimum Gasteiger partial charge on any atom is -0.384 e. The van der Waals surface area contributed by atoms with Gasteiger partial charge in [0.2, 0.25) is 5.82 Å². The number of nitrogen functional groups attached to an aromatic ring is 1. The van der Waals surface area contributed by atoms with Crippen LogP contribution in [-0.2, 0) is 0 Å². The number of nitrogens with zero attached hydrogens (tertiary/aromatic N) is 2. The Labute approximate surface area is 87.7 Å². The molecule has 0 unspecified atom stereocenters. The van der Waals surface area contributed by atoms with E-state index in [1.54, 1.807) is 13.8 Å². The van der Waals surface area contributed by atoms with E-state index >= 15 is 0 Å². The fourth-order valence-electron chi connectivity index (χ4n) is 0.708. The Bertz CT molecular complexity index is 377. The highest BCUT2D eigenvalue weighted by molar-refractivity contribution is 6.29. The zero-order valence-corrected chi connectivity index (χ0v) is 8.76. The quantitative estimate of drug-likeness (QED) is 0.491. The first-order valence-electron chi connectivity index (χ1n) is 3.99. The Hall–Kier alpha value is -1.31. The molecule has 14 heavy (non-hydrogen) atoms. The van der Waals surface area contributed by atoms with E-state index in [9.17, 15) is 0 Å². The molecule has 74 valence electrons. The Balaban J connectivity index is 3.02. The standard InChI is InChI=1S/C9H11ClN4/c1-9(2,12)4-3-8-13-6(10)5-7(11)14-8/h5H,12H2,1-2H3,(H2,11,13,14). The predicted octanol–water partition coefficient (Wildman–Crippen LogP) is 0.801. The van der Waals surface area contributed by atoms with Crippen molar-refractivity contribution in [3.8, 4) is 11.8 Å². The van der Waals surface area contributed by atoms with Gasteiger partial charge in [-0.05, 0) is 19.8 Å². The minimum absolute atomic E-state index is 0.275. The van der Waals surface area contributed by atoms with E-state index in [-0.39, 0.29) is 11.0 Å². The summed E-state index contributed by atoms with van der Waals surface area (Å²) >= 11 is 5.67. The third kappa shape index (κ3) is 3.60. The van der Waals surface area contributed by atoms with Crippen molar-refractivity contribution in [1.29, 1.82) is 0 Å². The van der Waals surface area contributed by atoms with Crippen molar-refractivity contribution >= 4 is 17.4 Å². The summed E-state index contributed by atoms with van der Waals surface area (Å²) in [5, 5.41) is 0.275. The zero-order valence-electron chi connectivity index (χ0n) is 8.00.